The molecule has 0 bridgehead atoms. The van der Waals surface area contributed by atoms with E-state index >= 15 is 0 Å². The summed E-state index contributed by atoms with van der Waals surface area (Å²) in [6.45, 7) is 0. The van der Waals surface area contributed by atoms with E-state index in [0.29, 0.717) is 0 Å². The highest BCUT2D eigenvalue weighted by Crippen LogP contribution is 1.83. The number of halogens is 1. The van der Waals surface area contributed by atoms with Gasteiger partial charge in [-0.1, -0.05) is 11.1 Å². The van der Waals surface area contributed by atoms with Crippen molar-refractivity contribution in [3.63, 3.8) is 0 Å². The van der Waals surface area contributed by atoms with E-state index in [-0.39, 0.29) is 11.6 Å². The summed E-state index contributed by atoms with van der Waals surface area (Å²) < 4.78 is 4.37. The molecular weight excluding hydrogens is 182 g/mol. The summed E-state index contributed by atoms with van der Waals surface area (Å²) in [5.41, 5.74) is -0.0966. The Morgan fingerprint density at radius 2 is 2.25 bits per heavy atom. The van der Waals surface area contributed by atoms with Crippen molar-refractivity contribution in [1.82, 2.24) is 0 Å². The minimum Gasteiger partial charge on any atom is -0.464 e. The molecule has 0 aliphatic rings. The van der Waals surface area contributed by atoms with Gasteiger partial charge < -0.3 is 9.57 Å². The smallest absolute Gasteiger partial charge is 0.368 e. The van der Waals surface area contributed by atoms with Crippen LogP contribution in [0.1, 0.15) is 0 Å². The lowest BCUT2D eigenvalue weighted by atomic mass is 10.4. The summed E-state index contributed by atoms with van der Waals surface area (Å²) in [6, 6.07) is 0. The molecule has 0 N–H and O–H groups in total. The monoisotopic (exact) mass is 189 g/mol. The molecule has 0 spiro atoms. The maximum atomic E-state index is 10.8. The van der Waals surface area contributed by atoms with E-state index in [4.69, 9.17) is 11.6 Å². The Morgan fingerprint density at radius 1 is 1.58 bits per heavy atom. The van der Waals surface area contributed by atoms with Gasteiger partial charge in [0.1, 0.15) is 7.11 Å². The summed E-state index contributed by atoms with van der Waals surface area (Å²) in [6.07, 6.45) is 0. The highest BCUT2D eigenvalue weighted by Gasteiger charge is 2.08. The largest absolute Gasteiger partial charge is 0.464 e. The van der Waals surface area contributed by atoms with E-state index in [1.807, 2.05) is 0 Å². The van der Waals surface area contributed by atoms with Gasteiger partial charge in [0.05, 0.1) is 13.0 Å². The van der Waals surface area contributed by atoms with E-state index in [9.17, 15) is 4.79 Å². The third kappa shape index (κ3) is 3.84. The fourth-order valence-electron chi connectivity index (χ4n) is 0.416. The van der Waals surface area contributed by atoms with E-state index < -0.39 is 5.97 Å². The Kier molecular flexibility index (Phi) is 5.84. The quantitative estimate of drug-likeness (QED) is 0.208. The standard InChI is InChI=1S/C7H8ClNO3/c1-11-7(10)6(9-12-2)4-3-5-8/h5H2,1-2H3. The minimum atomic E-state index is -0.644. The number of methoxy groups -OCH3 is 1. The van der Waals surface area contributed by atoms with E-state index in [1.54, 1.807) is 0 Å². The molecule has 0 aliphatic heterocycles. The summed E-state index contributed by atoms with van der Waals surface area (Å²) in [5.74, 6) is 4.32. The van der Waals surface area contributed by atoms with Crippen LogP contribution < -0.4 is 0 Å². The molecule has 0 unspecified atom stereocenters. The first-order valence-electron chi connectivity index (χ1n) is 3.00. The van der Waals surface area contributed by atoms with Crippen molar-refractivity contribution < 1.29 is 14.4 Å². The van der Waals surface area contributed by atoms with Crippen molar-refractivity contribution in [1.29, 1.82) is 0 Å². The molecular formula is C7H8ClNO3. The number of esters is 1. The predicted octanol–water partition coefficient (Wildman–Crippen LogP) is 0.404. The summed E-state index contributed by atoms with van der Waals surface area (Å²) >= 11 is 5.27. The number of alkyl halides is 1. The zero-order valence-corrected chi connectivity index (χ0v) is 7.51. The fraction of sp³-hybridized carbons (Fsp3) is 0.429. The zero-order chi connectivity index (χ0) is 9.40. The first-order chi connectivity index (χ1) is 5.76. The van der Waals surface area contributed by atoms with Crippen molar-refractivity contribution in [2.75, 3.05) is 20.1 Å². The number of ether oxygens (including phenoxy) is 1. The summed E-state index contributed by atoms with van der Waals surface area (Å²) in [5, 5.41) is 3.34. The third-order valence-corrected chi connectivity index (χ3v) is 0.969. The highest BCUT2D eigenvalue weighted by atomic mass is 35.5. The van der Waals surface area contributed by atoms with E-state index in [0.717, 1.165) is 0 Å². The minimum absolute atomic E-state index is 0.0966. The van der Waals surface area contributed by atoms with Crippen molar-refractivity contribution in [2.45, 2.75) is 0 Å². The van der Waals surface area contributed by atoms with Gasteiger partial charge in [-0.15, -0.1) is 11.6 Å². The lowest BCUT2D eigenvalue weighted by Gasteiger charge is -1.94. The molecule has 0 aromatic carbocycles. The Bertz CT molecular complexity index is 239. The topological polar surface area (TPSA) is 47.9 Å². The molecule has 0 radical (unpaired) electrons. The molecule has 0 amide bonds. The summed E-state index contributed by atoms with van der Waals surface area (Å²) in [4.78, 5) is 15.2. The molecule has 0 saturated heterocycles. The Balaban J connectivity index is 4.45. The van der Waals surface area contributed by atoms with Gasteiger partial charge in [0.15, 0.2) is 0 Å². The van der Waals surface area contributed by atoms with Crippen LogP contribution in [-0.4, -0.2) is 31.8 Å². The van der Waals surface area contributed by atoms with Gasteiger partial charge in [0.2, 0.25) is 5.71 Å². The molecule has 4 nitrogen and oxygen atoms in total. The van der Waals surface area contributed by atoms with Gasteiger partial charge in [-0.05, 0) is 5.92 Å². The molecule has 66 valence electrons. The highest BCUT2D eigenvalue weighted by molar-refractivity contribution is 6.43. The molecule has 12 heavy (non-hydrogen) atoms. The van der Waals surface area contributed by atoms with Crippen molar-refractivity contribution in [2.24, 2.45) is 5.16 Å². The van der Waals surface area contributed by atoms with Crippen LogP contribution in [-0.2, 0) is 14.4 Å². The maximum Gasteiger partial charge on any atom is 0.368 e. The van der Waals surface area contributed by atoms with Gasteiger partial charge >= 0.3 is 5.97 Å². The number of nitrogens with zero attached hydrogens (tertiary/aromatic N) is 1. The lowest BCUT2D eigenvalue weighted by Crippen LogP contribution is -2.14. The second-order valence-corrected chi connectivity index (χ2v) is 1.82. The SMILES string of the molecule is CON=C(C#CCCl)C(=O)OC. The van der Waals surface area contributed by atoms with Gasteiger partial charge in [-0.3, -0.25) is 0 Å². The van der Waals surface area contributed by atoms with Gasteiger partial charge in [-0.25, -0.2) is 4.79 Å². The number of oxime groups is 1. The third-order valence-electron chi connectivity index (χ3n) is 0.835. The van der Waals surface area contributed by atoms with Gasteiger partial charge in [-0.2, -0.15) is 0 Å². The van der Waals surface area contributed by atoms with Gasteiger partial charge in [0, 0.05) is 0 Å². The van der Waals surface area contributed by atoms with Crippen LogP contribution in [0.4, 0.5) is 0 Å². The van der Waals surface area contributed by atoms with Crippen LogP contribution in [0.15, 0.2) is 5.16 Å². The molecule has 5 heteroatoms. The van der Waals surface area contributed by atoms with Crippen LogP contribution in [0.25, 0.3) is 0 Å². The van der Waals surface area contributed by atoms with Crippen molar-refractivity contribution in [3.05, 3.63) is 0 Å². The molecule has 0 rings (SSSR count). The van der Waals surface area contributed by atoms with Crippen LogP contribution in [0, 0.1) is 11.8 Å². The molecule has 0 fully saturated rings. The Hall–Kier alpha value is -1.21. The Labute approximate surface area is 75.5 Å². The molecule has 0 atom stereocenters. The van der Waals surface area contributed by atoms with Crippen molar-refractivity contribution >= 4 is 23.3 Å². The molecule has 0 aliphatic carbocycles. The number of carbonyl (C=O) groups excluding carboxylic acids is 1. The van der Waals surface area contributed by atoms with Crippen LogP contribution in [0.5, 0.6) is 0 Å². The average molecular weight is 190 g/mol. The van der Waals surface area contributed by atoms with Crippen molar-refractivity contribution in [3.8, 4) is 11.8 Å². The van der Waals surface area contributed by atoms with Crippen LogP contribution in [0.2, 0.25) is 0 Å². The normalized spacial score (nSPS) is 9.75. The second-order valence-electron chi connectivity index (χ2n) is 1.55. The predicted molar refractivity (Wildman–Crippen MR) is 45.0 cm³/mol. The number of hydrogen-bond donors (Lipinski definition) is 0. The Morgan fingerprint density at radius 3 is 2.67 bits per heavy atom. The maximum absolute atomic E-state index is 10.8. The number of carbonyl (C=O) groups is 1. The summed E-state index contributed by atoms with van der Waals surface area (Å²) in [7, 11) is 2.54. The van der Waals surface area contributed by atoms with E-state index in [1.165, 1.54) is 14.2 Å². The molecule has 0 saturated carbocycles. The van der Waals surface area contributed by atoms with Crippen LogP contribution in [0.3, 0.4) is 0 Å². The van der Waals surface area contributed by atoms with E-state index in [2.05, 4.69) is 26.6 Å². The van der Waals surface area contributed by atoms with Crippen LogP contribution >= 0.6 is 11.6 Å². The molecule has 0 aromatic rings. The second kappa shape index (κ2) is 6.50. The first-order valence-corrected chi connectivity index (χ1v) is 3.54. The molecule has 0 aromatic heterocycles. The number of rotatable bonds is 2. The average Bonchev–Trinajstić information content (AvgIpc) is 2.11. The number of hydrogen-bond acceptors (Lipinski definition) is 4. The zero-order valence-electron chi connectivity index (χ0n) is 6.76. The van der Waals surface area contributed by atoms with Gasteiger partial charge in [0.25, 0.3) is 0 Å². The fourth-order valence-corrected chi connectivity index (χ4v) is 0.483. The lowest BCUT2D eigenvalue weighted by molar-refractivity contribution is -0.132. The first kappa shape index (κ1) is 10.8. The molecule has 0 heterocycles.